The number of nitrogens with zero attached hydrogens (tertiary/aromatic N) is 2. The normalized spacial score (nSPS) is 13.0. The number of amides is 1. The van der Waals surface area contributed by atoms with E-state index in [1.165, 1.54) is 6.42 Å². The summed E-state index contributed by atoms with van der Waals surface area (Å²) in [5, 5.41) is 27.6. The molecular weight excluding hydrogens is 581 g/mol. The third-order valence-corrected chi connectivity index (χ3v) is 7.09. The number of phenolic OH excluding ortho intramolecular Hbond substituents is 1. The minimum absolute atomic E-state index is 0. The van der Waals surface area contributed by atoms with Crippen molar-refractivity contribution < 1.29 is 29.6 Å². The summed E-state index contributed by atoms with van der Waals surface area (Å²) in [6.07, 6.45) is 4.58. The maximum atomic E-state index is 13.1. The first-order valence-corrected chi connectivity index (χ1v) is 14.0. The van der Waals surface area contributed by atoms with E-state index in [9.17, 15) is 9.90 Å². The summed E-state index contributed by atoms with van der Waals surface area (Å²) >= 11 is 6.47. The molecule has 4 N–H and O–H groups in total. The zero-order valence-corrected chi connectivity index (χ0v) is 25.7. The zero-order valence-electron chi connectivity index (χ0n) is 24.1. The zero-order chi connectivity index (χ0) is 29.9. The predicted octanol–water partition coefficient (Wildman–Crippen LogP) is 7.12. The van der Waals surface area contributed by atoms with Crippen molar-refractivity contribution in [3.8, 4) is 33.9 Å². The van der Waals surface area contributed by atoms with Crippen LogP contribution < -0.4 is 10.1 Å². The second-order valence-electron chi connectivity index (χ2n) is 10.3. The summed E-state index contributed by atoms with van der Waals surface area (Å²) in [6, 6.07) is 14.8. The average molecular weight is 621 g/mol. The lowest BCUT2D eigenvalue weighted by Crippen LogP contribution is -2.36. The highest BCUT2D eigenvalue weighted by Gasteiger charge is 2.20. The molecule has 1 fully saturated rings. The van der Waals surface area contributed by atoms with Gasteiger partial charge in [-0.2, -0.15) is 0 Å². The molecule has 0 saturated heterocycles. The van der Waals surface area contributed by atoms with Crippen LogP contribution >= 0.6 is 24.0 Å². The Morgan fingerprint density at radius 2 is 1.69 bits per heavy atom. The summed E-state index contributed by atoms with van der Waals surface area (Å²) in [7, 11) is 4.06. The first-order chi connectivity index (χ1) is 19.5. The van der Waals surface area contributed by atoms with Crippen molar-refractivity contribution in [3.05, 3.63) is 64.8 Å². The molecule has 228 valence electrons. The minimum atomic E-state index is -1.83. The van der Waals surface area contributed by atoms with Crippen molar-refractivity contribution in [1.29, 1.82) is 0 Å². The van der Waals surface area contributed by atoms with Crippen LogP contribution in [0.5, 0.6) is 11.5 Å². The molecule has 1 aliphatic carbocycles. The highest BCUT2D eigenvalue weighted by Crippen LogP contribution is 2.37. The van der Waals surface area contributed by atoms with Crippen LogP contribution in [0.15, 0.2) is 48.5 Å². The van der Waals surface area contributed by atoms with Gasteiger partial charge >= 0.3 is 6.16 Å². The number of benzene rings is 2. The fourth-order valence-electron chi connectivity index (χ4n) is 4.80. The van der Waals surface area contributed by atoms with Crippen LogP contribution in [0, 0.1) is 6.92 Å². The first-order valence-electron chi connectivity index (χ1n) is 13.7. The number of hydrogen-bond acceptors (Lipinski definition) is 6. The molecule has 0 spiro atoms. The summed E-state index contributed by atoms with van der Waals surface area (Å²) in [5.74, 6) is 0.639. The number of phenols is 1. The largest absolute Gasteiger partial charge is 0.508 e. The van der Waals surface area contributed by atoms with Crippen molar-refractivity contribution in [2.75, 3.05) is 27.2 Å². The van der Waals surface area contributed by atoms with E-state index in [2.05, 4.69) is 10.2 Å². The molecule has 4 rings (SSSR count). The Kier molecular flexibility index (Phi) is 13.9. The number of carbonyl (C=O) groups excluding carboxylic acids is 1. The van der Waals surface area contributed by atoms with Gasteiger partial charge in [0, 0.05) is 23.7 Å². The number of rotatable bonds is 9. The Labute approximate surface area is 257 Å². The number of carboxylic acid groups (broad SMARTS) is 2. The lowest BCUT2D eigenvalue weighted by molar-refractivity contribution is 0.0922. The standard InChI is InChI=1S/C30H36ClN3O3.CH2O3.ClH/c1-20-18-23(35)11-12-24(20)25-13-15-27(30(36)32-22-8-5-4-6-9-22)33-29(25)21-10-14-26(31)28(19-21)37-17-7-16-34(2)3;2-1(3)4;/h10-15,18-19,22,35H,4-9,16-17H2,1-3H3,(H,32,36);(H2,2,3,4);1H. The Balaban J connectivity index is 0.00000116. The lowest BCUT2D eigenvalue weighted by Gasteiger charge is -2.23. The van der Waals surface area contributed by atoms with Gasteiger partial charge in [-0.3, -0.25) is 4.79 Å². The molecule has 1 amide bonds. The number of aromatic hydroxyl groups is 1. The van der Waals surface area contributed by atoms with E-state index in [4.69, 9.17) is 36.3 Å². The molecule has 42 heavy (non-hydrogen) atoms. The van der Waals surface area contributed by atoms with E-state index in [1.54, 1.807) is 18.2 Å². The van der Waals surface area contributed by atoms with Gasteiger partial charge in [0.05, 0.1) is 17.3 Å². The number of aryl methyl sites for hydroxylation is 1. The maximum Gasteiger partial charge on any atom is 0.503 e. The van der Waals surface area contributed by atoms with Gasteiger partial charge in [0.2, 0.25) is 0 Å². The third kappa shape index (κ3) is 10.4. The van der Waals surface area contributed by atoms with Crippen LogP contribution in [0.25, 0.3) is 22.4 Å². The quantitative estimate of drug-likeness (QED) is 0.186. The van der Waals surface area contributed by atoms with Crippen molar-refractivity contribution in [1.82, 2.24) is 15.2 Å². The number of nitrogens with one attached hydrogen (secondary N) is 1. The average Bonchev–Trinajstić information content (AvgIpc) is 2.92. The molecule has 0 radical (unpaired) electrons. The summed E-state index contributed by atoms with van der Waals surface area (Å²) < 4.78 is 6.01. The van der Waals surface area contributed by atoms with E-state index in [0.29, 0.717) is 28.8 Å². The van der Waals surface area contributed by atoms with E-state index in [0.717, 1.165) is 60.9 Å². The maximum absolute atomic E-state index is 13.1. The highest BCUT2D eigenvalue weighted by molar-refractivity contribution is 6.32. The molecule has 1 aromatic heterocycles. The van der Waals surface area contributed by atoms with Crippen LogP contribution in [-0.4, -0.2) is 70.6 Å². The van der Waals surface area contributed by atoms with Crippen molar-refractivity contribution in [2.45, 2.75) is 51.5 Å². The second kappa shape index (κ2) is 16.8. The van der Waals surface area contributed by atoms with E-state index >= 15 is 0 Å². The van der Waals surface area contributed by atoms with Gasteiger partial charge in [0.25, 0.3) is 5.91 Å². The number of ether oxygens (including phenoxy) is 1. The van der Waals surface area contributed by atoms with Crippen LogP contribution in [0.2, 0.25) is 5.02 Å². The van der Waals surface area contributed by atoms with Crippen LogP contribution in [0.4, 0.5) is 4.79 Å². The molecule has 1 aliphatic rings. The van der Waals surface area contributed by atoms with E-state index in [1.807, 2.05) is 51.4 Å². The van der Waals surface area contributed by atoms with Crippen LogP contribution in [0.3, 0.4) is 0 Å². The molecule has 1 heterocycles. The summed E-state index contributed by atoms with van der Waals surface area (Å²) in [4.78, 5) is 28.7. The number of halogens is 2. The Morgan fingerprint density at radius 3 is 2.33 bits per heavy atom. The highest BCUT2D eigenvalue weighted by atomic mass is 35.5. The van der Waals surface area contributed by atoms with Gasteiger partial charge in [0.1, 0.15) is 17.2 Å². The molecule has 9 nitrogen and oxygen atoms in total. The van der Waals surface area contributed by atoms with Gasteiger partial charge < -0.3 is 30.3 Å². The molecule has 11 heteroatoms. The summed E-state index contributed by atoms with van der Waals surface area (Å²) in [6.45, 7) is 3.41. The molecule has 0 atom stereocenters. The monoisotopic (exact) mass is 619 g/mol. The van der Waals surface area contributed by atoms with Gasteiger partial charge in [-0.25, -0.2) is 9.78 Å². The van der Waals surface area contributed by atoms with E-state index in [-0.39, 0.29) is 30.1 Å². The van der Waals surface area contributed by atoms with Gasteiger partial charge in [-0.05, 0) is 87.8 Å². The SMILES string of the molecule is Cc1cc(O)ccc1-c1ccc(C(=O)NC2CCCCC2)nc1-c1ccc(Cl)c(OCCCN(C)C)c1.Cl.O=C(O)O. The Hall–Kier alpha value is -3.53. The number of pyridine rings is 1. The fraction of sp³-hybridized carbons (Fsp3) is 0.387. The fourth-order valence-corrected chi connectivity index (χ4v) is 4.98. The van der Waals surface area contributed by atoms with Crippen LogP contribution in [-0.2, 0) is 0 Å². The topological polar surface area (TPSA) is 132 Å². The number of aromatic nitrogens is 1. The van der Waals surface area contributed by atoms with Crippen molar-refractivity contribution in [3.63, 3.8) is 0 Å². The molecule has 1 saturated carbocycles. The Morgan fingerprint density at radius 1 is 1.02 bits per heavy atom. The Bertz CT molecular complexity index is 1340. The van der Waals surface area contributed by atoms with Gasteiger partial charge in [-0.1, -0.05) is 43.0 Å². The van der Waals surface area contributed by atoms with Crippen molar-refractivity contribution in [2.24, 2.45) is 0 Å². The molecule has 0 bridgehead atoms. The van der Waals surface area contributed by atoms with Crippen molar-refractivity contribution >= 4 is 36.1 Å². The predicted molar refractivity (Wildman–Crippen MR) is 167 cm³/mol. The smallest absolute Gasteiger partial charge is 0.503 e. The number of hydrogen-bond donors (Lipinski definition) is 4. The molecule has 0 aliphatic heterocycles. The lowest BCUT2D eigenvalue weighted by atomic mass is 9.94. The summed E-state index contributed by atoms with van der Waals surface area (Å²) in [5.41, 5.74) is 4.57. The molecule has 2 aromatic carbocycles. The molecule has 3 aromatic rings. The molecule has 0 unspecified atom stereocenters. The second-order valence-corrected chi connectivity index (χ2v) is 10.7. The first kappa shape index (κ1) is 34.7. The minimum Gasteiger partial charge on any atom is -0.508 e. The van der Waals surface area contributed by atoms with Gasteiger partial charge in [0.15, 0.2) is 0 Å². The van der Waals surface area contributed by atoms with Crippen LogP contribution in [0.1, 0.15) is 54.6 Å². The third-order valence-electron chi connectivity index (χ3n) is 6.78. The molecular formula is C31H39Cl2N3O6. The van der Waals surface area contributed by atoms with E-state index < -0.39 is 6.16 Å². The van der Waals surface area contributed by atoms with Gasteiger partial charge in [-0.15, -0.1) is 12.4 Å². The number of carbonyl (C=O) groups is 2.